The van der Waals surface area contributed by atoms with Gasteiger partial charge in [0.05, 0.1) is 6.04 Å². The zero-order valence-electron chi connectivity index (χ0n) is 10.3. The Morgan fingerprint density at radius 2 is 1.94 bits per heavy atom. The molecule has 0 aromatic carbocycles. The molecule has 0 aliphatic heterocycles. The minimum absolute atomic E-state index is 0.244. The van der Waals surface area contributed by atoms with E-state index < -0.39 is 17.7 Å². The molecule has 6 heteroatoms. The molecule has 0 saturated heterocycles. The SMILES string of the molecule is CNC(=O)C(N)CCNC(=O)OC(C)(C)C. The molecule has 2 amide bonds. The summed E-state index contributed by atoms with van der Waals surface area (Å²) in [5, 5.41) is 4.96. The van der Waals surface area contributed by atoms with Crippen LogP contribution in [-0.2, 0) is 9.53 Å². The van der Waals surface area contributed by atoms with Crippen LogP contribution in [-0.4, -0.2) is 37.2 Å². The smallest absolute Gasteiger partial charge is 0.407 e. The van der Waals surface area contributed by atoms with Gasteiger partial charge in [-0.1, -0.05) is 0 Å². The second-order valence-electron chi connectivity index (χ2n) is 4.44. The van der Waals surface area contributed by atoms with Gasteiger partial charge in [0.25, 0.3) is 0 Å². The molecule has 0 aromatic heterocycles. The first-order chi connectivity index (χ1) is 7.26. The molecule has 16 heavy (non-hydrogen) atoms. The van der Waals surface area contributed by atoms with Crippen molar-refractivity contribution in [3.8, 4) is 0 Å². The molecule has 4 N–H and O–H groups in total. The van der Waals surface area contributed by atoms with E-state index in [9.17, 15) is 9.59 Å². The Hall–Kier alpha value is -1.30. The maximum absolute atomic E-state index is 11.2. The highest BCUT2D eigenvalue weighted by atomic mass is 16.6. The maximum atomic E-state index is 11.2. The fraction of sp³-hybridized carbons (Fsp3) is 0.800. The van der Waals surface area contributed by atoms with Crippen molar-refractivity contribution in [2.45, 2.75) is 38.8 Å². The summed E-state index contributed by atoms with van der Waals surface area (Å²) < 4.78 is 5.01. The number of hydrogen-bond donors (Lipinski definition) is 3. The third kappa shape index (κ3) is 7.05. The van der Waals surface area contributed by atoms with Gasteiger partial charge in [0, 0.05) is 13.6 Å². The highest BCUT2D eigenvalue weighted by molar-refractivity contribution is 5.81. The zero-order valence-corrected chi connectivity index (χ0v) is 10.3. The number of alkyl carbamates (subject to hydrolysis) is 1. The quantitative estimate of drug-likeness (QED) is 0.633. The summed E-state index contributed by atoms with van der Waals surface area (Å²) in [5.74, 6) is -0.244. The van der Waals surface area contributed by atoms with Crippen molar-refractivity contribution in [2.75, 3.05) is 13.6 Å². The predicted octanol–water partition coefficient (Wildman–Crippen LogP) is -0.0255. The number of rotatable bonds is 4. The standard InChI is InChI=1S/C10H21N3O3/c1-10(2,3)16-9(15)13-6-5-7(11)8(14)12-4/h7H,5-6,11H2,1-4H3,(H,12,14)(H,13,15). The van der Waals surface area contributed by atoms with Gasteiger partial charge >= 0.3 is 6.09 Å². The van der Waals surface area contributed by atoms with Crippen molar-refractivity contribution in [2.24, 2.45) is 5.73 Å². The van der Waals surface area contributed by atoms with E-state index in [-0.39, 0.29) is 5.91 Å². The number of carbonyl (C=O) groups excluding carboxylic acids is 2. The van der Waals surface area contributed by atoms with E-state index in [2.05, 4.69) is 10.6 Å². The average molecular weight is 231 g/mol. The van der Waals surface area contributed by atoms with E-state index in [0.717, 1.165) is 0 Å². The van der Waals surface area contributed by atoms with Crippen molar-refractivity contribution < 1.29 is 14.3 Å². The lowest BCUT2D eigenvalue weighted by atomic mass is 10.2. The zero-order chi connectivity index (χ0) is 12.8. The molecule has 0 aromatic rings. The van der Waals surface area contributed by atoms with Crippen molar-refractivity contribution in [3.63, 3.8) is 0 Å². The van der Waals surface area contributed by atoms with Gasteiger partial charge in [0.15, 0.2) is 0 Å². The summed E-state index contributed by atoms with van der Waals surface area (Å²) in [5.41, 5.74) is 5.02. The number of amides is 2. The third-order valence-electron chi connectivity index (χ3n) is 1.71. The molecule has 0 saturated carbocycles. The summed E-state index contributed by atoms with van der Waals surface area (Å²) in [4.78, 5) is 22.2. The van der Waals surface area contributed by atoms with Crippen LogP contribution < -0.4 is 16.4 Å². The van der Waals surface area contributed by atoms with Crippen LogP contribution in [0.25, 0.3) is 0 Å². The maximum Gasteiger partial charge on any atom is 0.407 e. The van der Waals surface area contributed by atoms with E-state index in [1.165, 1.54) is 7.05 Å². The van der Waals surface area contributed by atoms with Gasteiger partial charge in [-0.05, 0) is 27.2 Å². The second kappa shape index (κ2) is 6.32. The highest BCUT2D eigenvalue weighted by Gasteiger charge is 2.16. The molecular formula is C10H21N3O3. The number of nitrogens with two attached hydrogens (primary N) is 1. The molecule has 0 fully saturated rings. The van der Waals surface area contributed by atoms with Crippen LogP contribution in [0.15, 0.2) is 0 Å². The molecular weight excluding hydrogens is 210 g/mol. The van der Waals surface area contributed by atoms with E-state index in [1.54, 1.807) is 20.8 Å². The first-order valence-corrected chi connectivity index (χ1v) is 5.20. The van der Waals surface area contributed by atoms with Crippen molar-refractivity contribution in [3.05, 3.63) is 0 Å². The Morgan fingerprint density at radius 3 is 2.38 bits per heavy atom. The monoisotopic (exact) mass is 231 g/mol. The van der Waals surface area contributed by atoms with Crippen LogP contribution in [0, 0.1) is 0 Å². The average Bonchev–Trinajstić information content (AvgIpc) is 2.13. The third-order valence-corrected chi connectivity index (χ3v) is 1.71. The van der Waals surface area contributed by atoms with E-state index in [4.69, 9.17) is 10.5 Å². The molecule has 0 aliphatic rings. The van der Waals surface area contributed by atoms with Crippen LogP contribution >= 0.6 is 0 Å². The fourth-order valence-electron chi connectivity index (χ4n) is 0.960. The van der Waals surface area contributed by atoms with Crippen molar-refractivity contribution in [1.29, 1.82) is 0 Å². The largest absolute Gasteiger partial charge is 0.444 e. The highest BCUT2D eigenvalue weighted by Crippen LogP contribution is 2.06. The van der Waals surface area contributed by atoms with Crippen LogP contribution in [0.1, 0.15) is 27.2 Å². The summed E-state index contributed by atoms with van der Waals surface area (Å²) in [7, 11) is 1.52. The van der Waals surface area contributed by atoms with Gasteiger partial charge in [-0.15, -0.1) is 0 Å². The summed E-state index contributed by atoms with van der Waals surface area (Å²) in [6.07, 6.45) is -0.129. The molecule has 0 rings (SSSR count). The Labute approximate surface area is 95.9 Å². The molecule has 0 radical (unpaired) electrons. The Balaban J connectivity index is 3.74. The van der Waals surface area contributed by atoms with Gasteiger partial charge in [-0.2, -0.15) is 0 Å². The lowest BCUT2D eigenvalue weighted by molar-refractivity contribution is -0.122. The van der Waals surface area contributed by atoms with E-state index >= 15 is 0 Å². The summed E-state index contributed by atoms with van der Waals surface area (Å²) in [6.45, 7) is 5.65. The number of carbonyl (C=O) groups is 2. The Morgan fingerprint density at radius 1 is 1.38 bits per heavy atom. The van der Waals surface area contributed by atoms with Gasteiger partial charge in [0.2, 0.25) is 5.91 Å². The van der Waals surface area contributed by atoms with E-state index in [1.807, 2.05) is 0 Å². The topological polar surface area (TPSA) is 93.5 Å². The molecule has 1 unspecified atom stereocenters. The number of hydrogen-bond acceptors (Lipinski definition) is 4. The van der Waals surface area contributed by atoms with Crippen LogP contribution in [0.4, 0.5) is 4.79 Å². The van der Waals surface area contributed by atoms with Crippen LogP contribution in [0.5, 0.6) is 0 Å². The minimum atomic E-state index is -0.611. The van der Waals surface area contributed by atoms with Gasteiger partial charge in [-0.25, -0.2) is 4.79 Å². The first-order valence-electron chi connectivity index (χ1n) is 5.20. The molecule has 0 heterocycles. The lowest BCUT2D eigenvalue weighted by Gasteiger charge is -2.20. The molecule has 1 atom stereocenters. The van der Waals surface area contributed by atoms with Crippen LogP contribution in [0.3, 0.4) is 0 Å². The van der Waals surface area contributed by atoms with Gasteiger partial charge < -0.3 is 21.1 Å². The lowest BCUT2D eigenvalue weighted by Crippen LogP contribution is -2.42. The summed E-state index contributed by atoms with van der Waals surface area (Å²) in [6, 6.07) is -0.611. The van der Waals surface area contributed by atoms with Crippen molar-refractivity contribution in [1.82, 2.24) is 10.6 Å². The normalized spacial score (nSPS) is 12.8. The number of nitrogens with one attached hydrogen (secondary N) is 2. The van der Waals surface area contributed by atoms with Gasteiger partial charge in [-0.3, -0.25) is 4.79 Å². The molecule has 0 aliphatic carbocycles. The Kier molecular flexibility index (Phi) is 5.81. The van der Waals surface area contributed by atoms with Crippen molar-refractivity contribution >= 4 is 12.0 Å². The second-order valence-corrected chi connectivity index (χ2v) is 4.44. The number of ether oxygens (including phenoxy) is 1. The fourth-order valence-corrected chi connectivity index (χ4v) is 0.960. The van der Waals surface area contributed by atoms with E-state index in [0.29, 0.717) is 13.0 Å². The molecule has 0 bridgehead atoms. The molecule has 0 spiro atoms. The minimum Gasteiger partial charge on any atom is -0.444 e. The van der Waals surface area contributed by atoms with Gasteiger partial charge in [0.1, 0.15) is 5.60 Å². The Bertz CT molecular complexity index is 248. The van der Waals surface area contributed by atoms with Crippen LogP contribution in [0.2, 0.25) is 0 Å². The number of likely N-dealkylation sites (N-methyl/N-ethyl adjacent to an activating group) is 1. The predicted molar refractivity (Wildman–Crippen MR) is 60.9 cm³/mol. The molecule has 6 nitrogen and oxygen atoms in total. The first kappa shape index (κ1) is 14.7. The summed E-state index contributed by atoms with van der Waals surface area (Å²) >= 11 is 0. The molecule has 94 valence electrons.